The zero-order chi connectivity index (χ0) is 11.8. The maximum Gasteiger partial charge on any atom is 0.263 e. The van der Waals surface area contributed by atoms with Crippen LogP contribution >= 0.6 is 0 Å². The molecule has 3 rings (SSSR count). The molecule has 0 radical (unpaired) electrons. The molecule has 0 aliphatic rings. The van der Waals surface area contributed by atoms with E-state index in [-0.39, 0.29) is 0 Å². The highest BCUT2D eigenvalue weighted by Gasteiger charge is 2.16. The minimum atomic E-state index is 0.314. The second-order valence-corrected chi connectivity index (χ2v) is 3.48. The van der Waals surface area contributed by atoms with Crippen LogP contribution in [0.25, 0.3) is 23.1 Å². The van der Waals surface area contributed by atoms with Gasteiger partial charge in [0, 0.05) is 19.4 Å². The van der Waals surface area contributed by atoms with Gasteiger partial charge in [-0.2, -0.15) is 10.1 Å². The summed E-state index contributed by atoms with van der Waals surface area (Å²) in [5, 5.41) is 10.2. The number of aromatic nitrogens is 6. The predicted molar refractivity (Wildman–Crippen MR) is 58.5 cm³/mol. The Morgan fingerprint density at radius 3 is 3.00 bits per heavy atom. The molecule has 0 amide bonds. The summed E-state index contributed by atoms with van der Waals surface area (Å²) >= 11 is 0. The Kier molecular flexibility index (Phi) is 1.94. The molecule has 17 heavy (non-hydrogen) atoms. The fourth-order valence-electron chi connectivity index (χ4n) is 1.47. The van der Waals surface area contributed by atoms with E-state index in [1.165, 1.54) is 6.20 Å². The zero-order valence-corrected chi connectivity index (χ0v) is 8.95. The van der Waals surface area contributed by atoms with E-state index in [9.17, 15) is 0 Å². The van der Waals surface area contributed by atoms with Crippen molar-refractivity contribution in [1.82, 2.24) is 29.9 Å². The van der Waals surface area contributed by atoms with E-state index in [4.69, 9.17) is 10.3 Å². The molecular formula is C9H9N7O. The SMILES string of the molecule is Cn1ccnc1-c1noc(-c2cn[nH]c2N)n1. The number of nitrogen functional groups attached to an aromatic ring is 1. The Morgan fingerprint density at radius 2 is 2.35 bits per heavy atom. The van der Waals surface area contributed by atoms with Crippen molar-refractivity contribution in [3.8, 4) is 23.1 Å². The van der Waals surface area contributed by atoms with Crippen LogP contribution in [-0.4, -0.2) is 29.9 Å². The van der Waals surface area contributed by atoms with Crippen molar-refractivity contribution in [3.63, 3.8) is 0 Å². The van der Waals surface area contributed by atoms with Crippen molar-refractivity contribution >= 4 is 5.82 Å². The lowest BCUT2D eigenvalue weighted by molar-refractivity contribution is 0.432. The van der Waals surface area contributed by atoms with Gasteiger partial charge in [-0.3, -0.25) is 5.10 Å². The molecule has 0 spiro atoms. The number of H-pyrrole nitrogens is 1. The van der Waals surface area contributed by atoms with E-state index in [1.807, 2.05) is 7.05 Å². The van der Waals surface area contributed by atoms with E-state index >= 15 is 0 Å². The molecule has 3 heterocycles. The van der Waals surface area contributed by atoms with Gasteiger partial charge in [-0.05, 0) is 0 Å². The van der Waals surface area contributed by atoms with Crippen molar-refractivity contribution in [2.45, 2.75) is 0 Å². The number of imidazole rings is 1. The average molecular weight is 231 g/mol. The van der Waals surface area contributed by atoms with Crippen LogP contribution in [0.15, 0.2) is 23.1 Å². The minimum absolute atomic E-state index is 0.314. The summed E-state index contributed by atoms with van der Waals surface area (Å²) in [6.07, 6.45) is 5.00. The molecule has 8 nitrogen and oxygen atoms in total. The highest BCUT2D eigenvalue weighted by molar-refractivity contribution is 5.66. The van der Waals surface area contributed by atoms with Crippen LogP contribution in [0.4, 0.5) is 5.82 Å². The van der Waals surface area contributed by atoms with Crippen molar-refractivity contribution in [2.75, 3.05) is 5.73 Å². The number of anilines is 1. The third kappa shape index (κ3) is 1.46. The number of nitrogens with two attached hydrogens (primary N) is 1. The Balaban J connectivity index is 2.05. The van der Waals surface area contributed by atoms with Gasteiger partial charge < -0.3 is 14.8 Å². The Morgan fingerprint density at radius 1 is 1.47 bits per heavy atom. The lowest BCUT2D eigenvalue weighted by Gasteiger charge is -1.92. The van der Waals surface area contributed by atoms with Gasteiger partial charge in [0.15, 0.2) is 5.82 Å². The average Bonchev–Trinajstić information content (AvgIpc) is 2.97. The molecule has 0 saturated heterocycles. The third-order valence-electron chi connectivity index (χ3n) is 2.35. The van der Waals surface area contributed by atoms with Crippen molar-refractivity contribution in [3.05, 3.63) is 18.6 Å². The molecule has 0 bridgehead atoms. The standard InChI is InChI=1S/C9H9N7O/c1-16-3-2-11-8(16)7-13-9(17-15-7)5-4-12-14-6(5)10/h2-4H,1H3,(H3,10,12,14). The molecule has 8 heteroatoms. The molecule has 3 N–H and O–H groups in total. The van der Waals surface area contributed by atoms with E-state index < -0.39 is 0 Å². The van der Waals surface area contributed by atoms with Crippen LogP contribution in [0, 0.1) is 0 Å². The van der Waals surface area contributed by atoms with Gasteiger partial charge >= 0.3 is 0 Å². The zero-order valence-electron chi connectivity index (χ0n) is 8.95. The van der Waals surface area contributed by atoms with Crippen molar-refractivity contribution in [1.29, 1.82) is 0 Å². The highest BCUT2D eigenvalue weighted by atomic mass is 16.5. The number of aromatic amines is 1. The van der Waals surface area contributed by atoms with E-state index in [0.717, 1.165) is 0 Å². The maximum atomic E-state index is 5.66. The summed E-state index contributed by atoms with van der Waals surface area (Å²) < 4.78 is 6.91. The number of hydrogen-bond acceptors (Lipinski definition) is 6. The molecule has 0 atom stereocenters. The summed E-state index contributed by atoms with van der Waals surface area (Å²) in [7, 11) is 1.85. The molecular weight excluding hydrogens is 222 g/mol. The van der Waals surface area contributed by atoms with Crippen molar-refractivity contribution < 1.29 is 4.52 Å². The van der Waals surface area contributed by atoms with Gasteiger partial charge in [0.1, 0.15) is 11.4 Å². The molecule has 3 aromatic heterocycles. The lowest BCUT2D eigenvalue weighted by Crippen LogP contribution is -1.93. The summed E-state index contributed by atoms with van der Waals surface area (Å²) in [4.78, 5) is 8.34. The van der Waals surface area contributed by atoms with Gasteiger partial charge in [0.25, 0.3) is 5.89 Å². The first-order valence-electron chi connectivity index (χ1n) is 4.86. The van der Waals surface area contributed by atoms with Gasteiger partial charge in [-0.1, -0.05) is 5.16 Å². The molecule has 0 saturated carbocycles. The largest absolute Gasteiger partial charge is 0.383 e. The minimum Gasteiger partial charge on any atom is -0.383 e. The molecule has 0 fully saturated rings. The van der Waals surface area contributed by atoms with Crippen LogP contribution in [0.1, 0.15) is 0 Å². The number of rotatable bonds is 2. The number of nitrogens with one attached hydrogen (secondary N) is 1. The summed E-state index contributed by atoms with van der Waals surface area (Å²) in [5.74, 6) is 1.74. The lowest BCUT2D eigenvalue weighted by atomic mass is 10.3. The normalized spacial score (nSPS) is 10.9. The summed E-state index contributed by atoms with van der Waals surface area (Å²) in [6.45, 7) is 0. The summed E-state index contributed by atoms with van der Waals surface area (Å²) in [6, 6.07) is 0. The fourth-order valence-corrected chi connectivity index (χ4v) is 1.47. The topological polar surface area (TPSA) is 111 Å². The molecule has 0 aliphatic carbocycles. The Hall–Kier alpha value is -2.64. The fraction of sp³-hybridized carbons (Fsp3) is 0.111. The molecule has 0 unspecified atom stereocenters. The van der Waals surface area contributed by atoms with Crippen LogP contribution < -0.4 is 5.73 Å². The molecule has 3 aromatic rings. The van der Waals surface area contributed by atoms with Crippen LogP contribution in [0.5, 0.6) is 0 Å². The summed E-state index contributed by atoms with van der Waals surface area (Å²) in [5.41, 5.74) is 6.25. The van der Waals surface area contributed by atoms with E-state index in [2.05, 4.69) is 25.3 Å². The van der Waals surface area contributed by atoms with Crippen molar-refractivity contribution in [2.24, 2.45) is 7.05 Å². The molecule has 0 aromatic carbocycles. The van der Waals surface area contributed by atoms with Crippen LogP contribution in [0.2, 0.25) is 0 Å². The smallest absolute Gasteiger partial charge is 0.263 e. The maximum absolute atomic E-state index is 5.66. The number of nitrogens with zero attached hydrogens (tertiary/aromatic N) is 5. The van der Waals surface area contributed by atoms with E-state index in [1.54, 1.807) is 17.0 Å². The molecule has 0 aliphatic heterocycles. The second kappa shape index (κ2) is 3.44. The van der Waals surface area contributed by atoms with E-state index in [0.29, 0.717) is 28.9 Å². The first-order chi connectivity index (χ1) is 8.25. The second-order valence-electron chi connectivity index (χ2n) is 3.48. The first-order valence-corrected chi connectivity index (χ1v) is 4.86. The Bertz CT molecular complexity index is 595. The van der Waals surface area contributed by atoms with Gasteiger partial charge in [-0.15, -0.1) is 0 Å². The molecule has 86 valence electrons. The van der Waals surface area contributed by atoms with Crippen LogP contribution in [0.3, 0.4) is 0 Å². The highest BCUT2D eigenvalue weighted by Crippen LogP contribution is 2.23. The van der Waals surface area contributed by atoms with Gasteiger partial charge in [-0.25, -0.2) is 4.98 Å². The van der Waals surface area contributed by atoms with Gasteiger partial charge in [0.2, 0.25) is 5.82 Å². The number of hydrogen-bond donors (Lipinski definition) is 2. The van der Waals surface area contributed by atoms with Gasteiger partial charge in [0.05, 0.1) is 6.20 Å². The number of aryl methyl sites for hydroxylation is 1. The predicted octanol–water partition coefficient (Wildman–Crippen LogP) is 0.442. The van der Waals surface area contributed by atoms with Crippen LogP contribution in [-0.2, 0) is 7.05 Å². The quantitative estimate of drug-likeness (QED) is 0.662. The first kappa shape index (κ1) is 9.58. The monoisotopic (exact) mass is 231 g/mol. The Labute approximate surface area is 95.5 Å². The third-order valence-corrected chi connectivity index (χ3v) is 2.35.